The van der Waals surface area contributed by atoms with Gasteiger partial charge in [-0.05, 0) is 115 Å². The summed E-state index contributed by atoms with van der Waals surface area (Å²) in [5.41, 5.74) is 0. The lowest BCUT2D eigenvalue weighted by Crippen LogP contribution is -2.31. The summed E-state index contributed by atoms with van der Waals surface area (Å²) < 4.78 is 11.7. The molecule has 0 amide bonds. The number of ketones is 1. The fourth-order valence-corrected chi connectivity index (χ4v) is 7.76. The highest BCUT2D eigenvalue weighted by atomic mass is 28.4. The van der Waals surface area contributed by atoms with E-state index in [9.17, 15) is 9.59 Å². The second kappa shape index (κ2) is 24.7. The molecule has 1 N–H and O–H groups in total. The molecule has 2 aliphatic rings. The highest BCUT2D eigenvalue weighted by Gasteiger charge is 2.24. The minimum Gasteiger partial charge on any atom is -0.481 e. The Morgan fingerprint density at radius 3 is 2.25 bits per heavy atom. The molecule has 2 aliphatic carbocycles. The van der Waals surface area contributed by atoms with Crippen LogP contribution in [0.5, 0.6) is 0 Å². The van der Waals surface area contributed by atoms with Crippen LogP contribution >= 0.6 is 0 Å². The first-order chi connectivity index (χ1) is 20.7. The number of carboxylic acid groups (broad SMARTS) is 1. The molecule has 4 atom stereocenters. The quantitative estimate of drug-likeness (QED) is 0.0857. The van der Waals surface area contributed by atoms with Crippen LogP contribution in [0, 0.1) is 11.8 Å². The maximum atomic E-state index is 10.8. The molecule has 7 heteroatoms. The van der Waals surface area contributed by atoms with E-state index < -0.39 is 22.6 Å². The third kappa shape index (κ3) is 25.7. The van der Waals surface area contributed by atoms with Crippen molar-refractivity contribution >= 4 is 28.4 Å². The lowest BCUT2D eigenvalue weighted by Gasteiger charge is -2.25. The van der Waals surface area contributed by atoms with Gasteiger partial charge in [0.1, 0.15) is 0 Å². The van der Waals surface area contributed by atoms with Gasteiger partial charge in [-0.15, -0.1) is 6.58 Å². The Kier molecular flexibility index (Phi) is 23.8. The minimum atomic E-state index is -1.46. The predicted molar refractivity (Wildman–Crippen MR) is 194 cm³/mol. The van der Waals surface area contributed by atoms with Gasteiger partial charge in [0.25, 0.3) is 0 Å². The number of hydrogen-bond donors (Lipinski definition) is 1. The molecule has 0 aromatic carbocycles. The molecule has 0 aliphatic heterocycles. The average Bonchev–Trinajstić information content (AvgIpc) is 3.53. The van der Waals surface area contributed by atoms with E-state index >= 15 is 0 Å². The number of carbonyl (C=O) groups excluding carboxylic acids is 1. The zero-order valence-electron chi connectivity index (χ0n) is 29.7. The third-order valence-corrected chi connectivity index (χ3v) is 9.46. The van der Waals surface area contributed by atoms with Crippen molar-refractivity contribution in [3.8, 4) is 0 Å². The van der Waals surface area contributed by atoms with Gasteiger partial charge >= 0.3 is 5.97 Å². The third-order valence-electron chi connectivity index (χ3n) is 7.41. The van der Waals surface area contributed by atoms with Crippen molar-refractivity contribution in [1.29, 1.82) is 0 Å². The number of carboxylic acids is 1. The van der Waals surface area contributed by atoms with Gasteiger partial charge in [-0.3, -0.25) is 9.59 Å². The van der Waals surface area contributed by atoms with Crippen LogP contribution in [0.15, 0.2) is 49.1 Å². The molecule has 0 radical (unpaired) electrons. The molecule has 0 bridgehead atoms. The zero-order chi connectivity index (χ0) is 33.4. The van der Waals surface area contributed by atoms with E-state index in [0.29, 0.717) is 12.5 Å². The molecule has 5 nitrogen and oxygen atoms in total. The summed E-state index contributed by atoms with van der Waals surface area (Å²) in [7, 11) is -2.80. The Bertz CT molecular complexity index is 866. The van der Waals surface area contributed by atoms with Crippen LogP contribution in [-0.4, -0.2) is 45.7 Å². The molecule has 0 spiro atoms. The first-order valence-electron chi connectivity index (χ1n) is 17.4. The Labute approximate surface area is 273 Å². The largest absolute Gasteiger partial charge is 0.481 e. The van der Waals surface area contributed by atoms with Gasteiger partial charge < -0.3 is 14.0 Å². The van der Waals surface area contributed by atoms with Crippen LogP contribution in [0.1, 0.15) is 110 Å². The van der Waals surface area contributed by atoms with E-state index in [1.54, 1.807) is 6.08 Å². The van der Waals surface area contributed by atoms with Crippen LogP contribution in [0.3, 0.4) is 0 Å². The first kappa shape index (κ1) is 42.5. The Morgan fingerprint density at radius 1 is 1.00 bits per heavy atom. The van der Waals surface area contributed by atoms with E-state index in [0.717, 1.165) is 43.9 Å². The number of rotatable bonds is 19. The molecule has 0 aromatic heterocycles. The van der Waals surface area contributed by atoms with Gasteiger partial charge in [0.15, 0.2) is 22.4 Å². The lowest BCUT2D eigenvalue weighted by atomic mass is 9.92. The van der Waals surface area contributed by atoms with E-state index in [2.05, 4.69) is 84.0 Å². The summed E-state index contributed by atoms with van der Waals surface area (Å²) in [5, 5.41) is 8.58. The normalized spacial score (nSPS) is 20.8. The molecule has 0 heterocycles. The standard InChI is InChI=1S/C19H32O2.C10H22OSi.C8H14O2Si/c1-2-3-4-5-8-12-17-14-11-15-18(17)13-9-6-7-10-16-19(20)21;1-6-8-10(9-7-2)11-12(3,4)5;1-11(2,3)10-8-5-4-7(9)6-8/h6,8-9,12,17-18H,2-5,7,10-11,13-16H2,1H3,(H,20,21);6,10H,1,7-9H2,2-5H3;4-5,8H,6H2,1-3H3/b9-6-,12-8+;;/t17-,18-;;8-/m0.0/s1. The molecule has 1 saturated carbocycles. The van der Waals surface area contributed by atoms with Crippen molar-refractivity contribution in [2.24, 2.45) is 11.8 Å². The van der Waals surface area contributed by atoms with Crippen molar-refractivity contribution in [3.05, 3.63) is 49.1 Å². The van der Waals surface area contributed by atoms with Gasteiger partial charge in [0.2, 0.25) is 0 Å². The summed E-state index contributed by atoms with van der Waals surface area (Å²) in [5.74, 6) is 1.08. The average molecular weight is 649 g/mol. The van der Waals surface area contributed by atoms with Crippen molar-refractivity contribution in [1.82, 2.24) is 0 Å². The van der Waals surface area contributed by atoms with Gasteiger partial charge in [-0.2, -0.15) is 0 Å². The minimum absolute atomic E-state index is 0.0640. The lowest BCUT2D eigenvalue weighted by molar-refractivity contribution is -0.137. The molecular formula is C37H68O5Si2. The van der Waals surface area contributed by atoms with Gasteiger partial charge in [-0.1, -0.05) is 76.0 Å². The van der Waals surface area contributed by atoms with Gasteiger partial charge in [0, 0.05) is 18.9 Å². The van der Waals surface area contributed by atoms with Crippen molar-refractivity contribution in [2.45, 2.75) is 162 Å². The van der Waals surface area contributed by atoms with Crippen molar-refractivity contribution < 1.29 is 23.5 Å². The SMILES string of the molecule is C=CCC(CCC)O[Si](C)(C)C.CCCCC/C=C/[C@H]1CCC[C@@H]1C/C=C\CCCC(=O)O.C[Si](C)(C)O[C@H]1C=CC(=O)C1. The monoisotopic (exact) mass is 648 g/mol. The Morgan fingerprint density at radius 2 is 1.70 bits per heavy atom. The van der Waals surface area contributed by atoms with E-state index in [1.165, 1.54) is 51.4 Å². The fraction of sp³-hybridized carbons (Fsp3) is 0.730. The molecule has 1 fully saturated rings. The number of allylic oxidation sites excluding steroid dienone is 5. The summed E-state index contributed by atoms with van der Waals surface area (Å²) in [6, 6.07) is 0. The van der Waals surface area contributed by atoms with Crippen LogP contribution in [0.4, 0.5) is 0 Å². The number of aliphatic carboxylic acids is 1. The van der Waals surface area contributed by atoms with E-state index in [-0.39, 0.29) is 18.3 Å². The maximum absolute atomic E-state index is 10.8. The van der Waals surface area contributed by atoms with Crippen LogP contribution in [0.2, 0.25) is 39.3 Å². The van der Waals surface area contributed by atoms with E-state index in [1.807, 2.05) is 12.2 Å². The topological polar surface area (TPSA) is 72.8 Å². The maximum Gasteiger partial charge on any atom is 0.303 e. The Balaban J connectivity index is 0.000000684. The summed E-state index contributed by atoms with van der Waals surface area (Å²) in [4.78, 5) is 21.2. The molecular weight excluding hydrogens is 581 g/mol. The molecule has 0 saturated heterocycles. The molecule has 44 heavy (non-hydrogen) atoms. The smallest absolute Gasteiger partial charge is 0.303 e. The van der Waals surface area contributed by atoms with Gasteiger partial charge in [-0.25, -0.2) is 0 Å². The number of carbonyl (C=O) groups is 2. The van der Waals surface area contributed by atoms with Crippen LogP contribution in [0.25, 0.3) is 0 Å². The zero-order valence-corrected chi connectivity index (χ0v) is 31.7. The van der Waals surface area contributed by atoms with E-state index in [4.69, 9.17) is 14.0 Å². The highest BCUT2D eigenvalue weighted by Crippen LogP contribution is 2.35. The van der Waals surface area contributed by atoms with Crippen LogP contribution < -0.4 is 0 Å². The second-order valence-corrected chi connectivity index (χ2v) is 23.2. The fourth-order valence-electron chi connectivity index (χ4n) is 5.47. The molecule has 0 aromatic rings. The van der Waals surface area contributed by atoms with Crippen molar-refractivity contribution in [2.75, 3.05) is 0 Å². The summed E-state index contributed by atoms with van der Waals surface area (Å²) in [6.07, 6.45) is 31.5. The number of unbranched alkanes of at least 4 members (excludes halogenated alkanes) is 4. The van der Waals surface area contributed by atoms with Gasteiger partial charge in [0.05, 0.1) is 6.10 Å². The van der Waals surface area contributed by atoms with Crippen molar-refractivity contribution in [3.63, 3.8) is 0 Å². The number of hydrogen-bond acceptors (Lipinski definition) is 4. The summed E-state index contributed by atoms with van der Waals surface area (Å²) in [6.45, 7) is 21.3. The predicted octanol–water partition coefficient (Wildman–Crippen LogP) is 11.1. The first-order valence-corrected chi connectivity index (χ1v) is 24.2. The molecule has 1 unspecified atom stereocenters. The molecule has 254 valence electrons. The highest BCUT2D eigenvalue weighted by molar-refractivity contribution is 6.70. The molecule has 2 rings (SSSR count). The second-order valence-electron chi connectivity index (χ2n) is 14.2. The Hall–Kier alpha value is -1.55. The van der Waals surface area contributed by atoms with Crippen LogP contribution in [-0.2, 0) is 18.4 Å². The summed E-state index contributed by atoms with van der Waals surface area (Å²) >= 11 is 0.